The largest absolute Gasteiger partial charge is 0.507 e. The van der Waals surface area contributed by atoms with Crippen molar-refractivity contribution >= 4 is 23.7 Å². The lowest BCUT2D eigenvalue weighted by molar-refractivity contribution is 0.444. The molecular weight excluding hydrogens is 398 g/mol. The number of aromatic hydroxyl groups is 1. The Bertz CT molecular complexity index is 1010. The Labute approximate surface area is 192 Å². The number of aliphatic imine (C=N–C) groups is 1. The van der Waals surface area contributed by atoms with Gasteiger partial charge in [0, 0.05) is 27.1 Å². The maximum atomic E-state index is 11.0. The molecule has 2 nitrogen and oxygen atoms in total. The van der Waals surface area contributed by atoms with Gasteiger partial charge in [0.2, 0.25) is 0 Å². The minimum absolute atomic E-state index is 0.0269. The predicted molar refractivity (Wildman–Crippen MR) is 138 cm³/mol. The molecule has 0 spiro atoms. The van der Waals surface area contributed by atoms with Crippen molar-refractivity contribution in [3.05, 3.63) is 88.9 Å². The molecule has 164 valence electrons. The number of rotatable bonds is 6. The molecule has 0 aliphatic carbocycles. The fraction of sp³-hybridized carbons (Fsp3) is 0.321. The Morgan fingerprint density at radius 2 is 1.71 bits per heavy atom. The molecule has 2 aromatic carbocycles. The maximum absolute atomic E-state index is 11.0. The van der Waals surface area contributed by atoms with Crippen LogP contribution in [0.25, 0.3) is 0 Å². The summed E-state index contributed by atoms with van der Waals surface area (Å²) in [6.07, 6.45) is 9.63. The van der Waals surface area contributed by atoms with Gasteiger partial charge in [0.05, 0.1) is 5.69 Å². The third-order valence-corrected chi connectivity index (χ3v) is 5.94. The average molecular weight is 434 g/mol. The van der Waals surface area contributed by atoms with Crippen LogP contribution in [0.15, 0.2) is 82.1 Å². The first-order chi connectivity index (χ1) is 14.5. The summed E-state index contributed by atoms with van der Waals surface area (Å²) in [5, 5.41) is 11.0. The molecule has 0 aromatic heterocycles. The molecule has 0 saturated carbocycles. The third-order valence-electron chi connectivity index (χ3n) is 4.86. The van der Waals surface area contributed by atoms with Crippen LogP contribution in [-0.4, -0.2) is 11.3 Å². The lowest BCUT2D eigenvalue weighted by atomic mass is 9.79. The molecular formula is C28H35NOS. The highest BCUT2D eigenvalue weighted by atomic mass is 32.2. The molecule has 0 saturated heterocycles. The van der Waals surface area contributed by atoms with Gasteiger partial charge >= 0.3 is 0 Å². The monoisotopic (exact) mass is 433 g/mol. The molecule has 0 amide bonds. The van der Waals surface area contributed by atoms with Gasteiger partial charge < -0.3 is 5.11 Å². The average Bonchev–Trinajstić information content (AvgIpc) is 2.66. The Morgan fingerprint density at radius 3 is 2.29 bits per heavy atom. The van der Waals surface area contributed by atoms with Crippen LogP contribution in [0.2, 0.25) is 0 Å². The molecule has 0 bridgehead atoms. The van der Waals surface area contributed by atoms with Gasteiger partial charge in [-0.25, -0.2) is 0 Å². The van der Waals surface area contributed by atoms with Crippen LogP contribution in [0.4, 0.5) is 5.69 Å². The van der Waals surface area contributed by atoms with E-state index in [1.54, 1.807) is 24.1 Å². The summed E-state index contributed by atoms with van der Waals surface area (Å²) in [6, 6.07) is 12.2. The number of para-hydroxylation sites is 1. The molecule has 2 rings (SSSR count). The second kappa shape index (κ2) is 10.2. The smallest absolute Gasteiger partial charge is 0.128 e. The van der Waals surface area contributed by atoms with E-state index in [0.29, 0.717) is 5.75 Å². The summed E-state index contributed by atoms with van der Waals surface area (Å²) in [6.45, 7) is 18.7. The van der Waals surface area contributed by atoms with E-state index in [4.69, 9.17) is 4.99 Å². The molecule has 0 atom stereocenters. The number of benzene rings is 2. The van der Waals surface area contributed by atoms with Crippen LogP contribution < -0.4 is 0 Å². The molecule has 0 aliphatic rings. The van der Waals surface area contributed by atoms with E-state index in [0.717, 1.165) is 26.6 Å². The van der Waals surface area contributed by atoms with Crippen molar-refractivity contribution in [1.82, 2.24) is 0 Å². The number of allylic oxidation sites excluding steroid dienone is 4. The fourth-order valence-corrected chi connectivity index (χ4v) is 4.07. The highest BCUT2D eigenvalue weighted by molar-refractivity contribution is 8.03. The SMILES string of the molecule is C=C/C=C(\C=C/C)Sc1ccccc1/N=C/c1cc(C(C)(C)C)cc(C(C)(C)C)c1O. The van der Waals surface area contributed by atoms with Gasteiger partial charge in [0.25, 0.3) is 0 Å². The fourth-order valence-electron chi connectivity index (χ4n) is 3.08. The van der Waals surface area contributed by atoms with Crippen molar-refractivity contribution in [2.24, 2.45) is 4.99 Å². The van der Waals surface area contributed by atoms with Gasteiger partial charge in [-0.1, -0.05) is 96.3 Å². The van der Waals surface area contributed by atoms with Crippen LogP contribution >= 0.6 is 11.8 Å². The molecule has 0 heterocycles. The Kier molecular flexibility index (Phi) is 8.14. The second-order valence-electron chi connectivity index (χ2n) is 9.59. The number of hydrogen-bond donors (Lipinski definition) is 1. The Morgan fingerprint density at radius 1 is 1.03 bits per heavy atom. The summed E-state index contributed by atoms with van der Waals surface area (Å²) < 4.78 is 0. The first-order valence-electron chi connectivity index (χ1n) is 10.6. The number of thioether (sulfide) groups is 1. The van der Waals surface area contributed by atoms with Crippen LogP contribution in [0.3, 0.4) is 0 Å². The normalized spacial score (nSPS) is 13.3. The minimum atomic E-state index is -0.168. The first-order valence-corrected chi connectivity index (χ1v) is 11.4. The summed E-state index contributed by atoms with van der Waals surface area (Å²) in [5.74, 6) is 0.301. The zero-order valence-electron chi connectivity index (χ0n) is 19.9. The number of hydrogen-bond acceptors (Lipinski definition) is 3. The molecule has 31 heavy (non-hydrogen) atoms. The molecule has 0 radical (unpaired) electrons. The summed E-state index contributed by atoms with van der Waals surface area (Å²) in [4.78, 5) is 6.91. The predicted octanol–water partition coefficient (Wildman–Crippen LogP) is 8.48. The molecule has 3 heteroatoms. The number of phenols is 1. The van der Waals surface area contributed by atoms with Crippen molar-refractivity contribution in [2.75, 3.05) is 0 Å². The highest BCUT2D eigenvalue weighted by Crippen LogP contribution is 2.38. The minimum Gasteiger partial charge on any atom is -0.507 e. The van der Waals surface area contributed by atoms with Crippen molar-refractivity contribution < 1.29 is 5.11 Å². The van der Waals surface area contributed by atoms with E-state index in [1.807, 2.05) is 43.3 Å². The number of nitrogens with zero attached hydrogens (tertiary/aromatic N) is 1. The maximum Gasteiger partial charge on any atom is 0.128 e. The van der Waals surface area contributed by atoms with Gasteiger partial charge in [0.1, 0.15) is 5.75 Å². The van der Waals surface area contributed by atoms with Crippen LogP contribution in [0.5, 0.6) is 5.75 Å². The van der Waals surface area contributed by atoms with Gasteiger partial charge in [-0.2, -0.15) is 0 Å². The Balaban J connectivity index is 2.54. The van der Waals surface area contributed by atoms with Gasteiger partial charge in [-0.3, -0.25) is 4.99 Å². The van der Waals surface area contributed by atoms with E-state index in [9.17, 15) is 5.11 Å². The van der Waals surface area contributed by atoms with Gasteiger partial charge in [0.15, 0.2) is 0 Å². The van der Waals surface area contributed by atoms with E-state index in [2.05, 4.69) is 66.3 Å². The molecule has 0 unspecified atom stereocenters. The zero-order chi connectivity index (χ0) is 23.2. The van der Waals surface area contributed by atoms with Crippen molar-refractivity contribution in [2.45, 2.75) is 64.2 Å². The Hall–Kier alpha value is -2.52. The lowest BCUT2D eigenvalue weighted by Gasteiger charge is -2.27. The van der Waals surface area contributed by atoms with Crippen LogP contribution in [0, 0.1) is 0 Å². The quantitative estimate of drug-likeness (QED) is 0.281. The van der Waals surface area contributed by atoms with Crippen molar-refractivity contribution in [3.63, 3.8) is 0 Å². The summed E-state index contributed by atoms with van der Waals surface area (Å²) >= 11 is 1.65. The molecule has 2 aromatic rings. The van der Waals surface area contributed by atoms with Crippen molar-refractivity contribution in [3.8, 4) is 5.75 Å². The highest BCUT2D eigenvalue weighted by Gasteiger charge is 2.24. The van der Waals surface area contributed by atoms with E-state index < -0.39 is 0 Å². The first kappa shape index (κ1) is 24.7. The summed E-state index contributed by atoms with van der Waals surface area (Å²) in [5.41, 5.74) is 3.54. The lowest BCUT2D eigenvalue weighted by Crippen LogP contribution is -2.17. The summed E-state index contributed by atoms with van der Waals surface area (Å²) in [7, 11) is 0. The molecule has 1 N–H and O–H groups in total. The van der Waals surface area contributed by atoms with Gasteiger partial charge in [-0.05, 0) is 47.6 Å². The third kappa shape index (κ3) is 6.73. The van der Waals surface area contributed by atoms with E-state index in [-0.39, 0.29) is 10.8 Å². The topological polar surface area (TPSA) is 32.6 Å². The van der Waals surface area contributed by atoms with Crippen LogP contribution in [-0.2, 0) is 10.8 Å². The second-order valence-corrected chi connectivity index (χ2v) is 10.7. The molecule has 0 aliphatic heterocycles. The van der Waals surface area contributed by atoms with Gasteiger partial charge in [-0.15, -0.1) is 0 Å². The van der Waals surface area contributed by atoms with E-state index in [1.165, 1.54) is 5.56 Å². The van der Waals surface area contributed by atoms with E-state index >= 15 is 0 Å². The van der Waals surface area contributed by atoms with Crippen LogP contribution in [0.1, 0.15) is 65.2 Å². The standard InChI is InChI=1S/C28H35NOS/c1-9-13-22(14-10-2)31-25-16-12-11-15-24(25)29-19-20-17-21(27(3,4)5)18-23(26(20)30)28(6,7)8/h9-19,30H,1H2,2-8H3/b14-10-,22-13+,29-19+. The number of phenolic OH excluding ortho intramolecular Hbond substituents is 1. The molecule has 0 fully saturated rings. The zero-order valence-corrected chi connectivity index (χ0v) is 20.7. The van der Waals surface area contributed by atoms with Crippen molar-refractivity contribution in [1.29, 1.82) is 0 Å².